The molecule has 3 heterocycles. The highest BCUT2D eigenvalue weighted by Gasteiger charge is 2.24. The fourth-order valence-electron chi connectivity index (χ4n) is 3.15. The van der Waals surface area contributed by atoms with Crippen molar-refractivity contribution in [2.45, 2.75) is 45.2 Å². The molecule has 31 heavy (non-hydrogen) atoms. The van der Waals surface area contributed by atoms with Crippen LogP contribution in [0.2, 0.25) is 0 Å². The molecular formula is C20H26N6O3S2. The van der Waals surface area contributed by atoms with E-state index in [1.165, 1.54) is 38.9 Å². The van der Waals surface area contributed by atoms with Crippen molar-refractivity contribution in [3.8, 4) is 0 Å². The van der Waals surface area contributed by atoms with Crippen LogP contribution in [-0.2, 0) is 11.3 Å². The van der Waals surface area contributed by atoms with Crippen molar-refractivity contribution in [3.63, 3.8) is 0 Å². The Morgan fingerprint density at radius 3 is 2.84 bits per heavy atom. The first-order valence-electron chi connectivity index (χ1n) is 10.1. The Morgan fingerprint density at radius 1 is 1.35 bits per heavy atom. The largest absolute Gasteiger partial charge is 0.383 e. The minimum atomic E-state index is -0.653. The average Bonchev–Trinajstić information content (AvgIpc) is 3.21. The highest BCUT2D eigenvalue weighted by Crippen LogP contribution is 2.28. The standard InChI is InChI=1S/C20H26N6O3S2/c1-4-5-7-25(15-16(21)26(9-12(2)3)20(29)24-17(15)28)14(27)10-31-19-13-6-8-30-18(13)22-11-23-19/h6,8,11-12H,4-5,7,9-10,21H2,1-3H3,(H,24,28,29). The smallest absolute Gasteiger partial charge is 0.330 e. The predicted molar refractivity (Wildman–Crippen MR) is 126 cm³/mol. The van der Waals surface area contributed by atoms with Crippen LogP contribution in [0.3, 0.4) is 0 Å². The number of thioether (sulfide) groups is 1. The van der Waals surface area contributed by atoms with Gasteiger partial charge in [-0.25, -0.2) is 14.8 Å². The molecule has 0 unspecified atom stereocenters. The molecule has 0 saturated carbocycles. The van der Waals surface area contributed by atoms with Crippen LogP contribution in [0.4, 0.5) is 11.5 Å². The number of fused-ring (bicyclic) bond motifs is 1. The van der Waals surface area contributed by atoms with Gasteiger partial charge in [0.25, 0.3) is 5.56 Å². The lowest BCUT2D eigenvalue weighted by molar-refractivity contribution is -0.116. The monoisotopic (exact) mass is 462 g/mol. The molecule has 0 saturated heterocycles. The van der Waals surface area contributed by atoms with E-state index in [1.54, 1.807) is 0 Å². The zero-order valence-corrected chi connectivity index (χ0v) is 19.4. The Balaban J connectivity index is 1.92. The Morgan fingerprint density at radius 2 is 2.13 bits per heavy atom. The summed E-state index contributed by atoms with van der Waals surface area (Å²) in [4.78, 5) is 51.2. The van der Waals surface area contributed by atoms with E-state index in [1.807, 2.05) is 32.2 Å². The first kappa shape index (κ1) is 23.0. The van der Waals surface area contributed by atoms with Gasteiger partial charge < -0.3 is 10.6 Å². The van der Waals surface area contributed by atoms with E-state index < -0.39 is 11.2 Å². The van der Waals surface area contributed by atoms with Crippen molar-refractivity contribution in [2.24, 2.45) is 5.92 Å². The minimum Gasteiger partial charge on any atom is -0.383 e. The molecule has 3 rings (SSSR count). The Labute approximate surface area is 187 Å². The van der Waals surface area contributed by atoms with Gasteiger partial charge in [-0.3, -0.25) is 19.1 Å². The van der Waals surface area contributed by atoms with E-state index in [-0.39, 0.29) is 29.1 Å². The Kier molecular flexibility index (Phi) is 7.50. The fourth-order valence-corrected chi connectivity index (χ4v) is 4.81. The third-order valence-corrected chi connectivity index (χ3v) is 6.44. The van der Waals surface area contributed by atoms with Crippen LogP contribution in [0.1, 0.15) is 33.6 Å². The van der Waals surface area contributed by atoms with Gasteiger partial charge in [0.15, 0.2) is 5.69 Å². The number of nitrogens with one attached hydrogen (secondary N) is 1. The van der Waals surface area contributed by atoms with Crippen molar-refractivity contribution < 1.29 is 4.79 Å². The number of nitrogen functional groups attached to an aromatic ring is 1. The van der Waals surface area contributed by atoms with Crippen molar-refractivity contribution in [1.29, 1.82) is 0 Å². The third kappa shape index (κ3) is 5.16. The maximum atomic E-state index is 13.2. The van der Waals surface area contributed by atoms with E-state index in [4.69, 9.17) is 5.73 Å². The number of anilines is 2. The van der Waals surface area contributed by atoms with E-state index in [0.29, 0.717) is 24.5 Å². The van der Waals surface area contributed by atoms with Gasteiger partial charge >= 0.3 is 5.69 Å². The van der Waals surface area contributed by atoms with Crippen molar-refractivity contribution in [2.75, 3.05) is 22.9 Å². The normalized spacial score (nSPS) is 11.4. The number of carbonyl (C=O) groups is 1. The van der Waals surface area contributed by atoms with Crippen LogP contribution < -0.4 is 21.9 Å². The zero-order valence-electron chi connectivity index (χ0n) is 17.8. The van der Waals surface area contributed by atoms with Crippen LogP contribution in [0.15, 0.2) is 32.4 Å². The lowest BCUT2D eigenvalue weighted by atomic mass is 10.2. The van der Waals surface area contributed by atoms with E-state index in [9.17, 15) is 14.4 Å². The van der Waals surface area contributed by atoms with Crippen molar-refractivity contribution in [1.82, 2.24) is 19.5 Å². The molecule has 0 aliphatic carbocycles. The van der Waals surface area contributed by atoms with Gasteiger partial charge in [0.05, 0.1) is 5.75 Å². The Bertz CT molecular complexity index is 1180. The van der Waals surface area contributed by atoms with Crippen LogP contribution >= 0.6 is 23.1 Å². The number of aromatic amines is 1. The van der Waals surface area contributed by atoms with Gasteiger partial charge in [0, 0.05) is 18.5 Å². The van der Waals surface area contributed by atoms with Crippen LogP contribution in [0.5, 0.6) is 0 Å². The van der Waals surface area contributed by atoms with E-state index in [2.05, 4.69) is 15.0 Å². The average molecular weight is 463 g/mol. The summed E-state index contributed by atoms with van der Waals surface area (Å²) in [7, 11) is 0. The van der Waals surface area contributed by atoms with E-state index in [0.717, 1.165) is 16.6 Å². The van der Waals surface area contributed by atoms with Gasteiger partial charge in [-0.15, -0.1) is 11.3 Å². The molecule has 0 bridgehead atoms. The molecule has 166 valence electrons. The second-order valence-corrected chi connectivity index (χ2v) is 9.36. The van der Waals surface area contributed by atoms with Gasteiger partial charge in [0.1, 0.15) is 22.0 Å². The molecule has 3 aromatic heterocycles. The predicted octanol–water partition coefficient (Wildman–Crippen LogP) is 2.70. The summed E-state index contributed by atoms with van der Waals surface area (Å²) in [5.41, 5.74) is 5.04. The number of carbonyl (C=O) groups excluding carboxylic acids is 1. The van der Waals surface area contributed by atoms with Gasteiger partial charge in [0.2, 0.25) is 5.91 Å². The van der Waals surface area contributed by atoms with Crippen LogP contribution in [0, 0.1) is 5.92 Å². The molecule has 0 atom stereocenters. The van der Waals surface area contributed by atoms with Gasteiger partial charge in [-0.1, -0.05) is 39.0 Å². The first-order chi connectivity index (χ1) is 14.8. The number of hydrogen-bond acceptors (Lipinski definition) is 8. The van der Waals surface area contributed by atoms with E-state index >= 15 is 0 Å². The summed E-state index contributed by atoms with van der Waals surface area (Å²) in [6.45, 7) is 6.57. The molecule has 0 spiro atoms. The first-order valence-corrected chi connectivity index (χ1v) is 11.9. The summed E-state index contributed by atoms with van der Waals surface area (Å²) in [5.74, 6) is -0.0418. The molecule has 3 aromatic rings. The quantitative estimate of drug-likeness (QED) is 0.370. The van der Waals surface area contributed by atoms with Crippen LogP contribution in [-0.4, -0.2) is 37.7 Å². The molecule has 9 nitrogen and oxygen atoms in total. The summed E-state index contributed by atoms with van der Waals surface area (Å²) >= 11 is 2.80. The lowest BCUT2D eigenvalue weighted by Gasteiger charge is -2.24. The van der Waals surface area contributed by atoms with Gasteiger partial charge in [-0.05, 0) is 23.8 Å². The molecule has 0 radical (unpaired) electrons. The summed E-state index contributed by atoms with van der Waals surface area (Å²) in [5, 5.41) is 3.53. The molecule has 11 heteroatoms. The SMILES string of the molecule is CCCCN(C(=O)CSc1ncnc2sccc12)c1c(N)n(CC(C)C)c(=O)[nH]c1=O. The summed E-state index contributed by atoms with van der Waals surface area (Å²) < 4.78 is 1.32. The molecular weight excluding hydrogens is 436 g/mol. The zero-order chi connectivity index (χ0) is 22.5. The number of aromatic nitrogens is 4. The molecule has 0 aliphatic heterocycles. The third-order valence-electron chi connectivity index (χ3n) is 4.63. The Hall–Kier alpha value is -2.66. The highest BCUT2D eigenvalue weighted by molar-refractivity contribution is 8.00. The molecule has 0 fully saturated rings. The number of hydrogen-bond donors (Lipinski definition) is 2. The maximum Gasteiger partial charge on any atom is 0.330 e. The molecule has 1 amide bonds. The number of nitrogens with zero attached hydrogens (tertiary/aromatic N) is 4. The number of rotatable bonds is 9. The molecule has 0 aromatic carbocycles. The number of H-pyrrole nitrogens is 1. The lowest BCUT2D eigenvalue weighted by Crippen LogP contribution is -2.42. The number of thiophene rings is 1. The number of amides is 1. The van der Waals surface area contributed by atoms with Gasteiger partial charge in [-0.2, -0.15) is 0 Å². The number of unbranched alkanes of at least 4 members (excludes halogenated alkanes) is 1. The topological polar surface area (TPSA) is 127 Å². The molecule has 0 aliphatic rings. The fraction of sp³-hybridized carbons (Fsp3) is 0.450. The summed E-state index contributed by atoms with van der Waals surface area (Å²) in [6.07, 6.45) is 3.01. The maximum absolute atomic E-state index is 13.2. The summed E-state index contributed by atoms with van der Waals surface area (Å²) in [6, 6.07) is 1.92. The second kappa shape index (κ2) is 10.1. The van der Waals surface area contributed by atoms with Crippen molar-refractivity contribution in [3.05, 3.63) is 38.6 Å². The molecule has 3 N–H and O–H groups in total. The number of nitrogens with two attached hydrogens (primary N) is 1. The van der Waals surface area contributed by atoms with Crippen LogP contribution in [0.25, 0.3) is 10.2 Å². The van der Waals surface area contributed by atoms with Crippen molar-refractivity contribution >= 4 is 50.7 Å². The minimum absolute atomic E-state index is 0.0131. The second-order valence-electron chi connectivity index (χ2n) is 7.50. The highest BCUT2D eigenvalue weighted by atomic mass is 32.2.